The Kier molecular flexibility index (Phi) is 4.28. The number of rotatable bonds is 5. The molecule has 0 amide bonds. The van der Waals surface area contributed by atoms with Crippen molar-refractivity contribution in [2.45, 2.75) is 51.6 Å². The van der Waals surface area contributed by atoms with E-state index >= 15 is 0 Å². The van der Waals surface area contributed by atoms with E-state index in [1.807, 2.05) is 0 Å². The van der Waals surface area contributed by atoms with Crippen LogP contribution >= 0.6 is 0 Å². The lowest BCUT2D eigenvalue weighted by Crippen LogP contribution is -2.37. The molecule has 0 aromatic heterocycles. The van der Waals surface area contributed by atoms with Crippen LogP contribution in [0.15, 0.2) is 30.3 Å². The van der Waals surface area contributed by atoms with Gasteiger partial charge in [-0.1, -0.05) is 31.5 Å². The molecule has 0 aliphatic carbocycles. The summed E-state index contributed by atoms with van der Waals surface area (Å²) in [6, 6.07) is 11.5. The Labute approximate surface area is 111 Å². The molecule has 1 fully saturated rings. The summed E-state index contributed by atoms with van der Waals surface area (Å²) >= 11 is 0. The molecule has 1 heterocycles. The molecule has 2 nitrogen and oxygen atoms in total. The summed E-state index contributed by atoms with van der Waals surface area (Å²) in [5.74, 6) is 0. The number of unbranched alkanes of at least 4 members (excludes halogenated alkanes) is 1. The van der Waals surface area contributed by atoms with E-state index in [4.69, 9.17) is 0 Å². The van der Waals surface area contributed by atoms with Crippen LogP contribution in [0.25, 0.3) is 0 Å². The number of hydrogen-bond acceptors (Lipinski definition) is 2. The molecule has 1 aliphatic rings. The molecular formula is C16H26N2. The summed E-state index contributed by atoms with van der Waals surface area (Å²) in [6.45, 7) is 9.14. The Hall–Kier alpha value is -1.02. The van der Waals surface area contributed by atoms with Crippen molar-refractivity contribution >= 4 is 5.69 Å². The van der Waals surface area contributed by atoms with Crippen molar-refractivity contribution in [3.8, 4) is 0 Å². The van der Waals surface area contributed by atoms with E-state index in [0.29, 0.717) is 6.04 Å². The van der Waals surface area contributed by atoms with Crippen LogP contribution in [0.3, 0.4) is 0 Å². The zero-order valence-electron chi connectivity index (χ0n) is 11.9. The fourth-order valence-electron chi connectivity index (χ4n) is 2.82. The second-order valence-electron chi connectivity index (χ2n) is 6.01. The summed E-state index contributed by atoms with van der Waals surface area (Å²) in [7, 11) is 0. The van der Waals surface area contributed by atoms with Crippen molar-refractivity contribution in [3.63, 3.8) is 0 Å². The van der Waals surface area contributed by atoms with Crippen molar-refractivity contribution < 1.29 is 0 Å². The normalized spacial score (nSPS) is 22.1. The lowest BCUT2D eigenvalue weighted by Gasteiger charge is -2.31. The van der Waals surface area contributed by atoms with Crippen LogP contribution in [-0.4, -0.2) is 24.7 Å². The Morgan fingerprint density at radius 1 is 1.28 bits per heavy atom. The van der Waals surface area contributed by atoms with E-state index in [2.05, 4.69) is 61.3 Å². The van der Waals surface area contributed by atoms with Gasteiger partial charge in [0.15, 0.2) is 0 Å². The highest BCUT2D eigenvalue weighted by Gasteiger charge is 2.33. The van der Waals surface area contributed by atoms with Gasteiger partial charge in [0.1, 0.15) is 0 Å². The first-order chi connectivity index (χ1) is 8.62. The average Bonchev–Trinajstić information content (AvgIpc) is 2.72. The van der Waals surface area contributed by atoms with Gasteiger partial charge in [-0.2, -0.15) is 0 Å². The average molecular weight is 246 g/mol. The van der Waals surface area contributed by atoms with Gasteiger partial charge in [-0.15, -0.1) is 0 Å². The maximum absolute atomic E-state index is 3.63. The second kappa shape index (κ2) is 5.75. The zero-order valence-corrected chi connectivity index (χ0v) is 11.9. The molecule has 2 heteroatoms. The molecular weight excluding hydrogens is 220 g/mol. The van der Waals surface area contributed by atoms with Crippen LogP contribution < -0.4 is 10.2 Å². The largest absolute Gasteiger partial charge is 0.367 e. The van der Waals surface area contributed by atoms with Gasteiger partial charge < -0.3 is 10.2 Å². The highest BCUT2D eigenvalue weighted by atomic mass is 15.2. The number of nitrogens with zero attached hydrogens (tertiary/aromatic N) is 1. The van der Waals surface area contributed by atoms with Crippen LogP contribution in [-0.2, 0) is 0 Å². The molecule has 18 heavy (non-hydrogen) atoms. The van der Waals surface area contributed by atoms with Crippen LogP contribution in [0.2, 0.25) is 0 Å². The van der Waals surface area contributed by atoms with E-state index < -0.39 is 0 Å². The molecule has 100 valence electrons. The lowest BCUT2D eigenvalue weighted by molar-refractivity contribution is 0.451. The maximum Gasteiger partial charge on any atom is 0.0432 e. The van der Waals surface area contributed by atoms with Crippen LogP contribution in [0.4, 0.5) is 5.69 Å². The summed E-state index contributed by atoms with van der Waals surface area (Å²) in [5.41, 5.74) is 1.65. The van der Waals surface area contributed by atoms with Crippen molar-refractivity contribution in [2.24, 2.45) is 0 Å². The van der Waals surface area contributed by atoms with E-state index in [-0.39, 0.29) is 5.54 Å². The molecule has 0 bridgehead atoms. The maximum atomic E-state index is 3.63. The molecule has 1 aromatic carbocycles. The smallest absolute Gasteiger partial charge is 0.0432 e. The van der Waals surface area contributed by atoms with Gasteiger partial charge in [0.05, 0.1) is 0 Å². The number of nitrogens with one attached hydrogen (secondary N) is 1. The number of hydrogen-bond donors (Lipinski definition) is 1. The first kappa shape index (κ1) is 13.4. The topological polar surface area (TPSA) is 15.3 Å². The second-order valence-corrected chi connectivity index (χ2v) is 6.01. The summed E-state index contributed by atoms with van der Waals surface area (Å²) in [6.07, 6.45) is 3.75. The third-order valence-corrected chi connectivity index (χ3v) is 3.84. The predicted octanol–water partition coefficient (Wildman–Crippen LogP) is 3.43. The summed E-state index contributed by atoms with van der Waals surface area (Å²) < 4.78 is 0. The first-order valence-electron chi connectivity index (χ1n) is 7.19. The SMILES string of the molecule is CCCCN(c1ccccc1)C1CNC(C)(C)C1. The number of para-hydroxylation sites is 1. The van der Waals surface area contributed by atoms with Gasteiger partial charge in [-0.25, -0.2) is 0 Å². The first-order valence-corrected chi connectivity index (χ1v) is 7.19. The molecule has 2 rings (SSSR count). The molecule has 1 atom stereocenters. The molecule has 0 saturated carbocycles. The van der Waals surface area contributed by atoms with Gasteiger partial charge in [0, 0.05) is 30.4 Å². The Morgan fingerprint density at radius 2 is 2.00 bits per heavy atom. The molecule has 0 radical (unpaired) electrons. The highest BCUT2D eigenvalue weighted by molar-refractivity contribution is 5.47. The molecule has 1 saturated heterocycles. The monoisotopic (exact) mass is 246 g/mol. The number of anilines is 1. The lowest BCUT2D eigenvalue weighted by atomic mass is 10.00. The van der Waals surface area contributed by atoms with Crippen LogP contribution in [0.1, 0.15) is 40.0 Å². The quantitative estimate of drug-likeness (QED) is 0.856. The van der Waals surface area contributed by atoms with E-state index in [1.54, 1.807) is 0 Å². The van der Waals surface area contributed by atoms with Crippen molar-refractivity contribution in [3.05, 3.63) is 30.3 Å². The van der Waals surface area contributed by atoms with Gasteiger partial charge in [-0.3, -0.25) is 0 Å². The van der Waals surface area contributed by atoms with Crippen molar-refractivity contribution in [1.29, 1.82) is 0 Å². The molecule has 1 aliphatic heterocycles. The molecule has 0 spiro atoms. The van der Waals surface area contributed by atoms with Crippen LogP contribution in [0.5, 0.6) is 0 Å². The predicted molar refractivity (Wildman–Crippen MR) is 79.2 cm³/mol. The van der Waals surface area contributed by atoms with Crippen molar-refractivity contribution in [2.75, 3.05) is 18.0 Å². The Balaban J connectivity index is 2.11. The summed E-state index contributed by atoms with van der Waals surface area (Å²) in [5, 5.41) is 3.63. The van der Waals surface area contributed by atoms with Gasteiger partial charge >= 0.3 is 0 Å². The fourth-order valence-corrected chi connectivity index (χ4v) is 2.82. The fraction of sp³-hybridized carbons (Fsp3) is 0.625. The van der Waals surface area contributed by atoms with Gasteiger partial charge in [0.2, 0.25) is 0 Å². The van der Waals surface area contributed by atoms with E-state index in [0.717, 1.165) is 6.54 Å². The van der Waals surface area contributed by atoms with E-state index in [9.17, 15) is 0 Å². The minimum absolute atomic E-state index is 0.282. The molecule has 1 aromatic rings. The standard InChI is InChI=1S/C16H26N2/c1-4-5-11-18(14-9-7-6-8-10-14)15-12-16(2,3)17-13-15/h6-10,15,17H,4-5,11-13H2,1-3H3. The highest BCUT2D eigenvalue weighted by Crippen LogP contribution is 2.26. The Morgan fingerprint density at radius 3 is 2.56 bits per heavy atom. The minimum atomic E-state index is 0.282. The van der Waals surface area contributed by atoms with Crippen LogP contribution in [0, 0.1) is 0 Å². The Bertz CT molecular complexity index is 359. The minimum Gasteiger partial charge on any atom is -0.367 e. The molecule has 1 unspecified atom stereocenters. The van der Waals surface area contributed by atoms with E-state index in [1.165, 1.54) is 31.5 Å². The number of benzene rings is 1. The molecule has 1 N–H and O–H groups in total. The van der Waals surface area contributed by atoms with Gasteiger partial charge in [-0.05, 0) is 38.8 Å². The van der Waals surface area contributed by atoms with Gasteiger partial charge in [0.25, 0.3) is 0 Å². The third kappa shape index (κ3) is 3.26. The van der Waals surface area contributed by atoms with Crippen molar-refractivity contribution in [1.82, 2.24) is 5.32 Å². The zero-order chi connectivity index (χ0) is 13.0. The summed E-state index contributed by atoms with van der Waals surface area (Å²) in [4.78, 5) is 2.59. The third-order valence-electron chi connectivity index (χ3n) is 3.84.